The molecule has 0 bridgehead atoms. The van der Waals surface area contributed by atoms with Crippen molar-refractivity contribution in [3.63, 3.8) is 0 Å². The van der Waals surface area contributed by atoms with Gasteiger partial charge in [-0.05, 0) is 52.4 Å². The molecule has 0 aliphatic heterocycles. The van der Waals surface area contributed by atoms with E-state index in [2.05, 4.69) is 33.2 Å². The van der Waals surface area contributed by atoms with E-state index in [-0.39, 0.29) is 11.8 Å². The number of carbonyl (C=O) groups excluding carboxylic acids is 2. The number of halogens is 2. The lowest BCUT2D eigenvalue weighted by Gasteiger charge is -2.11. The van der Waals surface area contributed by atoms with Crippen molar-refractivity contribution < 1.29 is 14.3 Å². The van der Waals surface area contributed by atoms with Gasteiger partial charge in [-0.1, -0.05) is 23.7 Å². The Morgan fingerprint density at radius 2 is 1.83 bits per heavy atom. The van der Waals surface area contributed by atoms with E-state index in [0.29, 0.717) is 28.4 Å². The Balaban J connectivity index is 2.08. The fourth-order valence-electron chi connectivity index (χ4n) is 2.07. The fourth-order valence-corrected chi connectivity index (χ4v) is 2.67. The summed E-state index contributed by atoms with van der Waals surface area (Å²) in [5.74, 6) is 0.0423. The molecule has 2 aromatic carbocycles. The second-order valence-electron chi connectivity index (χ2n) is 4.93. The molecule has 0 saturated carbocycles. The van der Waals surface area contributed by atoms with Crippen LogP contribution in [0.25, 0.3) is 0 Å². The molecule has 0 fully saturated rings. The van der Waals surface area contributed by atoms with Crippen LogP contribution in [0.2, 0.25) is 5.02 Å². The molecule has 2 aromatic rings. The highest BCUT2D eigenvalue weighted by Gasteiger charge is 2.15. The molecule has 126 valence electrons. The lowest BCUT2D eigenvalue weighted by molar-refractivity contribution is 0.0943. The molecule has 0 radical (unpaired) electrons. The number of hydrogen-bond donors (Lipinski definition) is 2. The highest BCUT2D eigenvalue weighted by molar-refractivity contribution is 14.1. The fraction of sp³-hybridized carbons (Fsp3) is 0.176. The smallest absolute Gasteiger partial charge is 0.255 e. The standard InChI is InChI=1S/C17H16ClIN2O3/c1-20-16(22)11-5-3-10(4-6-11)9-21-17(23)12-7-13(18)14(19)8-15(12)24-2/h3-8H,9H2,1-2H3,(H,20,22)(H,21,23). The molecule has 5 nitrogen and oxygen atoms in total. The summed E-state index contributed by atoms with van der Waals surface area (Å²) in [6.45, 7) is 0.333. The van der Waals surface area contributed by atoms with Crippen molar-refractivity contribution in [2.75, 3.05) is 14.2 Å². The minimum atomic E-state index is -0.277. The molecular weight excluding hydrogens is 443 g/mol. The van der Waals surface area contributed by atoms with Gasteiger partial charge in [-0.25, -0.2) is 0 Å². The zero-order chi connectivity index (χ0) is 17.7. The van der Waals surface area contributed by atoms with Gasteiger partial charge in [0.2, 0.25) is 0 Å². The van der Waals surface area contributed by atoms with Gasteiger partial charge in [0.25, 0.3) is 11.8 Å². The Morgan fingerprint density at radius 1 is 1.17 bits per heavy atom. The number of hydrogen-bond acceptors (Lipinski definition) is 3. The lowest BCUT2D eigenvalue weighted by Crippen LogP contribution is -2.23. The molecule has 7 heteroatoms. The van der Waals surface area contributed by atoms with E-state index in [0.717, 1.165) is 9.13 Å². The van der Waals surface area contributed by atoms with Gasteiger partial charge in [0.05, 0.1) is 17.7 Å². The maximum Gasteiger partial charge on any atom is 0.255 e. The second-order valence-corrected chi connectivity index (χ2v) is 6.49. The summed E-state index contributed by atoms with van der Waals surface area (Å²) >= 11 is 8.16. The maximum absolute atomic E-state index is 12.4. The van der Waals surface area contributed by atoms with Crippen molar-refractivity contribution in [1.82, 2.24) is 10.6 Å². The van der Waals surface area contributed by atoms with Gasteiger partial charge in [-0.3, -0.25) is 9.59 Å². The zero-order valence-electron chi connectivity index (χ0n) is 13.2. The number of methoxy groups -OCH3 is 1. The van der Waals surface area contributed by atoms with Gasteiger partial charge < -0.3 is 15.4 Å². The summed E-state index contributed by atoms with van der Waals surface area (Å²) in [4.78, 5) is 23.9. The van der Waals surface area contributed by atoms with Crippen LogP contribution in [0.15, 0.2) is 36.4 Å². The topological polar surface area (TPSA) is 67.4 Å². The van der Waals surface area contributed by atoms with Crippen LogP contribution in [0.5, 0.6) is 5.75 Å². The first-order chi connectivity index (χ1) is 11.5. The van der Waals surface area contributed by atoms with E-state index >= 15 is 0 Å². The van der Waals surface area contributed by atoms with Gasteiger partial charge >= 0.3 is 0 Å². The van der Waals surface area contributed by atoms with Crippen molar-refractivity contribution >= 4 is 46.0 Å². The number of rotatable bonds is 5. The van der Waals surface area contributed by atoms with E-state index in [1.807, 2.05) is 0 Å². The molecule has 0 aliphatic carbocycles. The second kappa shape index (κ2) is 8.34. The van der Waals surface area contributed by atoms with E-state index in [1.54, 1.807) is 43.4 Å². The molecule has 0 unspecified atom stereocenters. The van der Waals surface area contributed by atoms with E-state index in [9.17, 15) is 9.59 Å². The van der Waals surface area contributed by atoms with Gasteiger partial charge in [0.15, 0.2) is 0 Å². The first-order valence-electron chi connectivity index (χ1n) is 7.08. The molecule has 0 heterocycles. The minimum absolute atomic E-state index is 0.149. The normalized spacial score (nSPS) is 10.2. The first kappa shape index (κ1) is 18.5. The third-order valence-electron chi connectivity index (χ3n) is 3.38. The quantitative estimate of drug-likeness (QED) is 0.676. The first-order valence-corrected chi connectivity index (χ1v) is 8.54. The zero-order valence-corrected chi connectivity index (χ0v) is 16.1. The van der Waals surface area contributed by atoms with Crippen molar-refractivity contribution in [2.45, 2.75) is 6.54 Å². The van der Waals surface area contributed by atoms with Crippen LogP contribution in [-0.4, -0.2) is 26.0 Å². The Labute approximate surface area is 158 Å². The predicted octanol–water partition coefficient (Wildman–Crippen LogP) is 3.24. The molecule has 0 aromatic heterocycles. The summed E-state index contributed by atoms with van der Waals surface area (Å²) in [5.41, 5.74) is 1.83. The van der Waals surface area contributed by atoms with Crippen LogP contribution in [0.3, 0.4) is 0 Å². The summed E-state index contributed by atoms with van der Waals surface area (Å²) in [6.07, 6.45) is 0. The predicted molar refractivity (Wildman–Crippen MR) is 102 cm³/mol. The van der Waals surface area contributed by atoms with Crippen LogP contribution in [0, 0.1) is 3.57 Å². The highest BCUT2D eigenvalue weighted by Crippen LogP contribution is 2.28. The average molecular weight is 459 g/mol. The van der Waals surface area contributed by atoms with Crippen LogP contribution in [-0.2, 0) is 6.54 Å². The maximum atomic E-state index is 12.4. The molecule has 0 atom stereocenters. The van der Waals surface area contributed by atoms with Crippen molar-refractivity contribution in [1.29, 1.82) is 0 Å². The summed E-state index contributed by atoms with van der Waals surface area (Å²) < 4.78 is 6.05. The lowest BCUT2D eigenvalue weighted by atomic mass is 10.1. The van der Waals surface area contributed by atoms with Gasteiger partial charge in [-0.15, -0.1) is 0 Å². The summed E-state index contributed by atoms with van der Waals surface area (Å²) in [7, 11) is 3.09. The highest BCUT2D eigenvalue weighted by atomic mass is 127. The number of benzene rings is 2. The van der Waals surface area contributed by atoms with Gasteiger partial charge in [-0.2, -0.15) is 0 Å². The van der Waals surface area contributed by atoms with E-state index in [4.69, 9.17) is 16.3 Å². The monoisotopic (exact) mass is 458 g/mol. The molecule has 0 spiro atoms. The van der Waals surface area contributed by atoms with Gasteiger partial charge in [0.1, 0.15) is 5.75 Å². The molecular formula is C17H16ClIN2O3. The number of ether oxygens (including phenoxy) is 1. The number of nitrogens with one attached hydrogen (secondary N) is 2. The SMILES string of the molecule is CNC(=O)c1ccc(CNC(=O)c2cc(Cl)c(I)cc2OC)cc1. The molecule has 24 heavy (non-hydrogen) atoms. The minimum Gasteiger partial charge on any atom is -0.496 e. The summed E-state index contributed by atoms with van der Waals surface area (Å²) in [6, 6.07) is 10.3. The van der Waals surface area contributed by atoms with Gasteiger partial charge in [0, 0.05) is 22.7 Å². The van der Waals surface area contributed by atoms with Crippen LogP contribution >= 0.6 is 34.2 Å². The largest absolute Gasteiger partial charge is 0.496 e. The average Bonchev–Trinajstić information content (AvgIpc) is 2.61. The number of carbonyl (C=O) groups is 2. The Morgan fingerprint density at radius 3 is 2.42 bits per heavy atom. The number of amides is 2. The third kappa shape index (κ3) is 4.39. The Kier molecular flexibility index (Phi) is 6.44. The Hall–Kier alpha value is -1.80. The van der Waals surface area contributed by atoms with Crippen LogP contribution < -0.4 is 15.4 Å². The molecule has 2 rings (SSSR count). The molecule has 0 aliphatic rings. The van der Waals surface area contributed by atoms with Crippen molar-refractivity contribution in [2.24, 2.45) is 0 Å². The third-order valence-corrected chi connectivity index (χ3v) is 4.91. The summed E-state index contributed by atoms with van der Waals surface area (Å²) in [5, 5.41) is 5.87. The van der Waals surface area contributed by atoms with Crippen LogP contribution in [0.1, 0.15) is 26.3 Å². The molecule has 0 saturated heterocycles. The van der Waals surface area contributed by atoms with Crippen molar-refractivity contribution in [3.05, 3.63) is 61.7 Å². The van der Waals surface area contributed by atoms with Crippen molar-refractivity contribution in [3.8, 4) is 5.75 Å². The van der Waals surface area contributed by atoms with Crippen LogP contribution in [0.4, 0.5) is 0 Å². The van der Waals surface area contributed by atoms with E-state index in [1.165, 1.54) is 7.11 Å². The molecule has 2 N–H and O–H groups in total. The molecule has 2 amide bonds. The Bertz CT molecular complexity index is 763. The van der Waals surface area contributed by atoms with E-state index < -0.39 is 0 Å².